The Morgan fingerprint density at radius 2 is 2.40 bits per heavy atom. The Morgan fingerprint density at radius 1 is 1.60 bits per heavy atom. The average Bonchev–Trinajstić information content (AvgIpc) is 2.28. The SMILES string of the molecule is CCC(N)CCN1CC=C(COC)CC1. The molecule has 15 heavy (non-hydrogen) atoms. The number of hydrogen-bond donors (Lipinski definition) is 1. The van der Waals surface area contributed by atoms with Crippen LogP contribution < -0.4 is 5.73 Å². The molecule has 3 nitrogen and oxygen atoms in total. The summed E-state index contributed by atoms with van der Waals surface area (Å²) >= 11 is 0. The van der Waals surface area contributed by atoms with Crippen molar-refractivity contribution in [1.82, 2.24) is 4.90 Å². The van der Waals surface area contributed by atoms with E-state index in [2.05, 4.69) is 17.9 Å². The summed E-state index contributed by atoms with van der Waals surface area (Å²) in [6.07, 6.45) is 5.64. The summed E-state index contributed by atoms with van der Waals surface area (Å²) in [6.45, 7) is 6.30. The highest BCUT2D eigenvalue weighted by Gasteiger charge is 2.11. The maximum absolute atomic E-state index is 5.90. The van der Waals surface area contributed by atoms with Crippen molar-refractivity contribution in [3.05, 3.63) is 11.6 Å². The summed E-state index contributed by atoms with van der Waals surface area (Å²) in [7, 11) is 1.76. The lowest BCUT2D eigenvalue weighted by Crippen LogP contribution is -2.33. The molecule has 1 heterocycles. The van der Waals surface area contributed by atoms with Crippen molar-refractivity contribution in [3.63, 3.8) is 0 Å². The smallest absolute Gasteiger partial charge is 0.0673 e. The van der Waals surface area contributed by atoms with Gasteiger partial charge in [-0.1, -0.05) is 13.0 Å². The predicted molar refractivity (Wildman–Crippen MR) is 63.9 cm³/mol. The van der Waals surface area contributed by atoms with Crippen LogP contribution in [0.2, 0.25) is 0 Å². The largest absolute Gasteiger partial charge is 0.380 e. The number of methoxy groups -OCH3 is 1. The van der Waals surface area contributed by atoms with Crippen molar-refractivity contribution in [2.45, 2.75) is 32.2 Å². The molecule has 0 aromatic rings. The molecule has 1 rings (SSSR count). The molecule has 3 heteroatoms. The van der Waals surface area contributed by atoms with Crippen LogP contribution in [0.15, 0.2) is 11.6 Å². The molecule has 1 aliphatic heterocycles. The Labute approximate surface area is 93.3 Å². The standard InChI is InChI=1S/C12H24N2O/c1-3-12(13)6-9-14-7-4-11(5-8-14)10-15-2/h4,12H,3,5-10,13H2,1-2H3. The summed E-state index contributed by atoms with van der Waals surface area (Å²) < 4.78 is 5.13. The van der Waals surface area contributed by atoms with Crippen molar-refractivity contribution >= 4 is 0 Å². The van der Waals surface area contributed by atoms with E-state index in [0.29, 0.717) is 6.04 Å². The van der Waals surface area contributed by atoms with Gasteiger partial charge >= 0.3 is 0 Å². The second-order valence-corrected chi connectivity index (χ2v) is 4.30. The Kier molecular flexibility index (Phi) is 5.91. The van der Waals surface area contributed by atoms with Crippen molar-refractivity contribution in [2.24, 2.45) is 5.73 Å². The van der Waals surface area contributed by atoms with Crippen LogP contribution in [-0.2, 0) is 4.74 Å². The topological polar surface area (TPSA) is 38.5 Å². The number of hydrogen-bond acceptors (Lipinski definition) is 3. The van der Waals surface area contributed by atoms with Gasteiger partial charge in [-0.2, -0.15) is 0 Å². The van der Waals surface area contributed by atoms with Gasteiger partial charge in [0.1, 0.15) is 0 Å². The van der Waals surface area contributed by atoms with Crippen LogP contribution in [0.1, 0.15) is 26.2 Å². The van der Waals surface area contributed by atoms with Gasteiger partial charge < -0.3 is 10.5 Å². The molecule has 2 N–H and O–H groups in total. The van der Waals surface area contributed by atoms with Gasteiger partial charge in [0.15, 0.2) is 0 Å². The zero-order valence-electron chi connectivity index (χ0n) is 10.0. The minimum Gasteiger partial charge on any atom is -0.380 e. The first-order chi connectivity index (χ1) is 7.26. The van der Waals surface area contributed by atoms with Crippen LogP contribution in [0.25, 0.3) is 0 Å². The van der Waals surface area contributed by atoms with Crippen LogP contribution >= 0.6 is 0 Å². The zero-order chi connectivity index (χ0) is 11.1. The fourth-order valence-corrected chi connectivity index (χ4v) is 1.83. The lowest BCUT2D eigenvalue weighted by Gasteiger charge is -2.27. The molecule has 0 spiro atoms. The normalized spacial score (nSPS) is 20.1. The molecule has 0 aromatic carbocycles. The van der Waals surface area contributed by atoms with Crippen LogP contribution in [0.3, 0.4) is 0 Å². The number of nitrogens with zero attached hydrogens (tertiary/aromatic N) is 1. The highest BCUT2D eigenvalue weighted by atomic mass is 16.5. The van der Waals surface area contributed by atoms with E-state index in [9.17, 15) is 0 Å². The summed E-state index contributed by atoms with van der Waals surface area (Å²) in [5, 5.41) is 0. The number of nitrogens with two attached hydrogens (primary N) is 1. The third kappa shape index (κ3) is 4.78. The van der Waals surface area contributed by atoms with Crippen molar-refractivity contribution in [2.75, 3.05) is 33.4 Å². The van der Waals surface area contributed by atoms with Gasteiger partial charge in [0, 0.05) is 26.2 Å². The molecule has 0 saturated heterocycles. The molecule has 0 aromatic heterocycles. The lowest BCUT2D eigenvalue weighted by molar-refractivity contribution is 0.210. The summed E-state index contributed by atoms with van der Waals surface area (Å²) in [5.41, 5.74) is 7.34. The molecule has 0 saturated carbocycles. The van der Waals surface area contributed by atoms with E-state index < -0.39 is 0 Å². The fraction of sp³-hybridized carbons (Fsp3) is 0.833. The Bertz CT molecular complexity index is 204. The maximum atomic E-state index is 5.90. The molecular formula is C12H24N2O. The molecule has 0 amide bonds. The Balaban J connectivity index is 2.19. The summed E-state index contributed by atoms with van der Waals surface area (Å²) in [6, 6.07) is 0.370. The third-order valence-electron chi connectivity index (χ3n) is 3.06. The molecular weight excluding hydrogens is 188 g/mol. The Hall–Kier alpha value is -0.380. The van der Waals surface area contributed by atoms with Crippen LogP contribution in [-0.4, -0.2) is 44.3 Å². The van der Waals surface area contributed by atoms with Gasteiger partial charge in [-0.05, 0) is 31.4 Å². The van der Waals surface area contributed by atoms with E-state index in [-0.39, 0.29) is 0 Å². The zero-order valence-corrected chi connectivity index (χ0v) is 10.0. The average molecular weight is 212 g/mol. The van der Waals surface area contributed by atoms with Crippen molar-refractivity contribution in [3.8, 4) is 0 Å². The van der Waals surface area contributed by atoms with Gasteiger partial charge in [0.05, 0.1) is 6.61 Å². The van der Waals surface area contributed by atoms with E-state index in [1.54, 1.807) is 7.11 Å². The maximum Gasteiger partial charge on any atom is 0.0673 e. The predicted octanol–water partition coefficient (Wildman–Crippen LogP) is 1.39. The van der Waals surface area contributed by atoms with E-state index >= 15 is 0 Å². The van der Waals surface area contributed by atoms with Crippen LogP contribution in [0.5, 0.6) is 0 Å². The second kappa shape index (κ2) is 6.99. The number of ether oxygens (including phenoxy) is 1. The minimum absolute atomic E-state index is 0.370. The molecule has 0 fully saturated rings. The molecule has 1 aliphatic rings. The molecule has 1 atom stereocenters. The van der Waals surface area contributed by atoms with Crippen molar-refractivity contribution < 1.29 is 4.74 Å². The first-order valence-corrected chi connectivity index (χ1v) is 5.91. The van der Waals surface area contributed by atoms with Gasteiger partial charge in [-0.25, -0.2) is 0 Å². The fourth-order valence-electron chi connectivity index (χ4n) is 1.83. The highest BCUT2D eigenvalue weighted by molar-refractivity contribution is 5.07. The summed E-state index contributed by atoms with van der Waals surface area (Å²) in [4.78, 5) is 2.47. The second-order valence-electron chi connectivity index (χ2n) is 4.30. The quantitative estimate of drug-likeness (QED) is 0.676. The van der Waals surface area contributed by atoms with Gasteiger partial charge in [0.2, 0.25) is 0 Å². The van der Waals surface area contributed by atoms with Gasteiger partial charge in [-0.3, -0.25) is 4.90 Å². The van der Waals surface area contributed by atoms with Crippen molar-refractivity contribution in [1.29, 1.82) is 0 Å². The monoisotopic (exact) mass is 212 g/mol. The first-order valence-electron chi connectivity index (χ1n) is 5.91. The van der Waals surface area contributed by atoms with Gasteiger partial charge in [-0.15, -0.1) is 0 Å². The van der Waals surface area contributed by atoms with E-state index in [4.69, 9.17) is 10.5 Å². The minimum atomic E-state index is 0.370. The molecule has 1 unspecified atom stereocenters. The molecule has 0 radical (unpaired) electrons. The van der Waals surface area contributed by atoms with Crippen LogP contribution in [0.4, 0.5) is 0 Å². The lowest BCUT2D eigenvalue weighted by atomic mass is 10.1. The molecule has 88 valence electrons. The van der Waals surface area contributed by atoms with E-state index in [1.807, 2.05) is 0 Å². The highest BCUT2D eigenvalue weighted by Crippen LogP contribution is 2.11. The first kappa shape index (κ1) is 12.7. The summed E-state index contributed by atoms with van der Waals surface area (Å²) in [5.74, 6) is 0. The third-order valence-corrected chi connectivity index (χ3v) is 3.06. The molecule has 0 bridgehead atoms. The number of rotatable bonds is 6. The molecule has 0 aliphatic carbocycles. The van der Waals surface area contributed by atoms with E-state index in [0.717, 1.165) is 45.5 Å². The van der Waals surface area contributed by atoms with Gasteiger partial charge in [0.25, 0.3) is 0 Å². The van der Waals surface area contributed by atoms with E-state index in [1.165, 1.54) is 5.57 Å². The van der Waals surface area contributed by atoms with Crippen LogP contribution in [0, 0.1) is 0 Å². The Morgan fingerprint density at radius 3 is 2.93 bits per heavy atom.